The summed E-state index contributed by atoms with van der Waals surface area (Å²) in [7, 11) is 3.53. The molecule has 8 rings (SSSR count). The number of hydrogen-bond acceptors (Lipinski definition) is 4. The zero-order chi connectivity index (χ0) is 22.3. The summed E-state index contributed by atoms with van der Waals surface area (Å²) in [4.78, 5) is 30.9. The smallest absolute Gasteiger partial charge is 0.238 e. The molecule has 6 heteroatoms. The van der Waals surface area contributed by atoms with Crippen molar-refractivity contribution < 1.29 is 19.1 Å². The van der Waals surface area contributed by atoms with Gasteiger partial charge in [0.05, 0.1) is 12.1 Å². The maximum Gasteiger partial charge on any atom is 0.238 e. The average Bonchev–Trinajstić information content (AvgIpc) is 2.82. The van der Waals surface area contributed by atoms with Crippen molar-refractivity contribution in [1.29, 1.82) is 0 Å². The van der Waals surface area contributed by atoms with E-state index in [0.717, 1.165) is 0 Å². The maximum atomic E-state index is 13.7. The fourth-order valence-electron chi connectivity index (χ4n) is 5.15. The minimum atomic E-state index is -0.991. The van der Waals surface area contributed by atoms with E-state index in [1.165, 1.54) is 0 Å². The first kappa shape index (κ1) is 20.4. The SMILES string of the molecule is CN1C(=O)[C@]2(COc3ccccc3)C=C[C@H]1[C@]1(COc3ccccc3)C=C[C@H]2N(C)C1=O. The Morgan fingerprint density at radius 2 is 1.06 bits per heavy atom. The van der Waals surface area contributed by atoms with Crippen LogP contribution in [0.25, 0.3) is 0 Å². The van der Waals surface area contributed by atoms with E-state index in [0.29, 0.717) is 11.5 Å². The number of rotatable bonds is 6. The molecule has 0 N–H and O–H groups in total. The normalized spacial score (nSPS) is 30.4. The van der Waals surface area contributed by atoms with Gasteiger partial charge in [-0.15, -0.1) is 0 Å². The highest BCUT2D eigenvalue weighted by atomic mass is 16.5. The zero-order valence-corrected chi connectivity index (χ0v) is 18.2. The third-order valence-corrected chi connectivity index (χ3v) is 6.92. The third-order valence-electron chi connectivity index (χ3n) is 6.92. The minimum absolute atomic E-state index is 0.0567. The number of ether oxygens (including phenoxy) is 2. The number of nitrogens with zero attached hydrogens (tertiary/aromatic N) is 2. The van der Waals surface area contributed by atoms with Gasteiger partial charge in [-0.05, 0) is 24.3 Å². The van der Waals surface area contributed by atoms with E-state index < -0.39 is 22.9 Å². The predicted molar refractivity (Wildman–Crippen MR) is 120 cm³/mol. The Morgan fingerprint density at radius 1 is 0.688 bits per heavy atom. The molecule has 1 aliphatic carbocycles. The zero-order valence-electron chi connectivity index (χ0n) is 18.2. The molecule has 32 heavy (non-hydrogen) atoms. The molecule has 0 aromatic heterocycles. The number of hydrogen-bond donors (Lipinski definition) is 0. The van der Waals surface area contributed by atoms with Crippen LogP contribution in [0.5, 0.6) is 11.5 Å². The van der Waals surface area contributed by atoms with E-state index in [2.05, 4.69) is 0 Å². The molecule has 4 atom stereocenters. The van der Waals surface area contributed by atoms with Gasteiger partial charge in [-0.3, -0.25) is 9.59 Å². The molecule has 0 saturated carbocycles. The van der Waals surface area contributed by atoms with Gasteiger partial charge in [0.15, 0.2) is 0 Å². The van der Waals surface area contributed by atoms with Crippen LogP contribution in [0, 0.1) is 10.8 Å². The average molecular weight is 431 g/mol. The molecule has 5 aliphatic heterocycles. The quantitative estimate of drug-likeness (QED) is 0.662. The lowest BCUT2D eigenvalue weighted by Crippen LogP contribution is -2.71. The fraction of sp³-hybridized carbons (Fsp3) is 0.308. The van der Waals surface area contributed by atoms with Crippen LogP contribution >= 0.6 is 0 Å². The topological polar surface area (TPSA) is 59.1 Å². The first-order valence-corrected chi connectivity index (χ1v) is 10.8. The third kappa shape index (κ3) is 2.93. The summed E-state index contributed by atoms with van der Waals surface area (Å²) in [6, 6.07) is 17.9. The van der Waals surface area contributed by atoms with Crippen LogP contribution < -0.4 is 9.47 Å². The highest BCUT2D eigenvalue weighted by molar-refractivity contribution is 5.96. The van der Waals surface area contributed by atoms with E-state index in [-0.39, 0.29) is 25.0 Å². The van der Waals surface area contributed by atoms with Gasteiger partial charge in [0, 0.05) is 14.1 Å². The van der Waals surface area contributed by atoms with Gasteiger partial charge in [-0.25, -0.2) is 0 Å². The molecular formula is C26H26N2O4. The lowest BCUT2D eigenvalue weighted by atomic mass is 9.64. The second kappa shape index (κ2) is 7.55. The highest BCUT2D eigenvalue weighted by Gasteiger charge is 2.62. The van der Waals surface area contributed by atoms with Gasteiger partial charge in [0.25, 0.3) is 0 Å². The Balaban J connectivity index is 1.51. The van der Waals surface area contributed by atoms with Gasteiger partial charge >= 0.3 is 0 Å². The van der Waals surface area contributed by atoms with Crippen molar-refractivity contribution in [2.75, 3.05) is 27.3 Å². The molecule has 5 heterocycles. The summed E-state index contributed by atoms with van der Waals surface area (Å²) in [5, 5.41) is 0. The molecule has 4 bridgehead atoms. The molecule has 0 radical (unpaired) electrons. The summed E-state index contributed by atoms with van der Waals surface area (Å²) >= 11 is 0. The molecule has 164 valence electrons. The van der Waals surface area contributed by atoms with E-state index in [4.69, 9.17) is 9.47 Å². The van der Waals surface area contributed by atoms with Gasteiger partial charge in [0.2, 0.25) is 11.8 Å². The van der Waals surface area contributed by atoms with Crippen molar-refractivity contribution >= 4 is 11.8 Å². The van der Waals surface area contributed by atoms with Crippen LogP contribution in [0.15, 0.2) is 85.0 Å². The fourth-order valence-corrected chi connectivity index (χ4v) is 5.15. The Kier molecular flexibility index (Phi) is 4.81. The van der Waals surface area contributed by atoms with Crippen LogP contribution in [-0.2, 0) is 9.59 Å². The number of likely N-dealkylation sites (N-methyl/N-ethyl adjacent to an activating group) is 2. The summed E-state index contributed by atoms with van der Waals surface area (Å²) in [5.41, 5.74) is -1.98. The second-order valence-corrected chi connectivity index (χ2v) is 8.72. The number of carbonyl (C=O) groups excluding carboxylic acids is 2. The number of para-hydroxylation sites is 2. The van der Waals surface area contributed by atoms with Crippen molar-refractivity contribution in [3.8, 4) is 11.5 Å². The van der Waals surface area contributed by atoms with E-state index in [9.17, 15) is 9.59 Å². The van der Waals surface area contributed by atoms with Crippen molar-refractivity contribution in [2.24, 2.45) is 10.8 Å². The van der Waals surface area contributed by atoms with E-state index >= 15 is 0 Å². The Hall–Kier alpha value is -3.54. The van der Waals surface area contributed by atoms with Crippen molar-refractivity contribution in [3.05, 3.63) is 85.0 Å². The van der Waals surface area contributed by atoms with Gasteiger partial charge in [-0.2, -0.15) is 0 Å². The summed E-state index contributed by atoms with van der Waals surface area (Å²) in [6.07, 6.45) is 7.84. The van der Waals surface area contributed by atoms with Gasteiger partial charge in [0.1, 0.15) is 35.5 Å². The molecule has 6 aliphatic rings. The molecule has 1 saturated heterocycles. The molecular weight excluding hydrogens is 404 g/mol. The molecule has 2 aromatic rings. The van der Waals surface area contributed by atoms with Crippen LogP contribution in [-0.4, -0.2) is 61.0 Å². The molecule has 2 aromatic carbocycles. The Morgan fingerprint density at radius 3 is 1.44 bits per heavy atom. The van der Waals surface area contributed by atoms with Gasteiger partial charge in [-0.1, -0.05) is 60.7 Å². The van der Waals surface area contributed by atoms with Crippen molar-refractivity contribution in [1.82, 2.24) is 9.80 Å². The van der Waals surface area contributed by atoms with Crippen LogP contribution in [0.2, 0.25) is 0 Å². The summed E-state index contributed by atoms with van der Waals surface area (Å²) in [6.45, 7) is 0.285. The predicted octanol–water partition coefficient (Wildman–Crippen LogP) is 2.92. The van der Waals surface area contributed by atoms with Crippen LogP contribution in [0.4, 0.5) is 0 Å². The number of benzene rings is 2. The first-order valence-electron chi connectivity index (χ1n) is 10.8. The number of amides is 2. The van der Waals surface area contributed by atoms with E-state index in [1.54, 1.807) is 23.9 Å². The minimum Gasteiger partial charge on any atom is -0.492 e. The molecule has 2 amide bonds. The first-order chi connectivity index (χ1) is 15.5. The lowest BCUT2D eigenvalue weighted by molar-refractivity contribution is -0.164. The van der Waals surface area contributed by atoms with E-state index in [1.807, 2.05) is 85.0 Å². The van der Waals surface area contributed by atoms with Gasteiger partial charge < -0.3 is 19.3 Å². The monoisotopic (exact) mass is 430 g/mol. The molecule has 0 spiro atoms. The summed E-state index contributed by atoms with van der Waals surface area (Å²) in [5.74, 6) is 1.26. The lowest BCUT2D eigenvalue weighted by Gasteiger charge is -2.56. The second-order valence-electron chi connectivity index (χ2n) is 8.72. The number of carbonyl (C=O) groups is 2. The molecule has 0 unspecified atom stereocenters. The standard InChI is InChI=1S/C26H26N2O4/c1-27-21-13-15-26(23(27)29,18-32-20-11-7-4-8-12-20)22-14-16-25(21,24(30)28(22)2)17-31-19-9-5-3-6-10-19/h3-16,21-22H,17-18H2,1-2H3/t21-,22+,25+,26-. The maximum absolute atomic E-state index is 13.7. The largest absolute Gasteiger partial charge is 0.492 e. The van der Waals surface area contributed by atoms with Crippen LogP contribution in [0.3, 0.4) is 0 Å². The highest BCUT2D eigenvalue weighted by Crippen LogP contribution is 2.48. The molecule has 6 nitrogen and oxygen atoms in total. The Labute approximate surface area is 187 Å². The van der Waals surface area contributed by atoms with Crippen molar-refractivity contribution in [3.63, 3.8) is 0 Å². The van der Waals surface area contributed by atoms with Crippen molar-refractivity contribution in [2.45, 2.75) is 12.1 Å². The summed E-state index contributed by atoms with van der Waals surface area (Å²) < 4.78 is 12.1. The van der Waals surface area contributed by atoms with Crippen LogP contribution in [0.1, 0.15) is 0 Å². The molecule has 1 fully saturated rings. The Bertz CT molecular complexity index is 996.